The molecule has 26 heteroatoms. The summed E-state index contributed by atoms with van der Waals surface area (Å²) in [5.74, 6) is -95.2. The number of carbonyl (C=O) groups excluding carboxylic acids is 1. The fourth-order valence-electron chi connectivity index (χ4n) is 5.30. The van der Waals surface area contributed by atoms with E-state index in [1.807, 2.05) is 0 Å². The topological polar surface area (TPSA) is 26.3 Å². The highest BCUT2D eigenvalue weighted by Gasteiger charge is 2.99. The van der Waals surface area contributed by atoms with E-state index in [1.165, 1.54) is 30.3 Å². The van der Waals surface area contributed by atoms with Gasteiger partial charge in [-0.25, -0.2) is 4.79 Å². The van der Waals surface area contributed by atoms with Crippen LogP contribution in [-0.2, 0) is 8.98 Å². The highest BCUT2D eigenvalue weighted by Crippen LogP contribution is 2.71. The van der Waals surface area contributed by atoms with E-state index in [0.717, 1.165) is 48.5 Å². The minimum absolute atomic E-state index is 0.306. The Kier molecular flexibility index (Phi) is 13.3. The molecule has 0 radical (unpaired) electrons. The standard InChI is InChI=1S/C36H27F23O2S/c1-18(2)20-10-14-23(15-11-20)62(22-8-6-5-7-9-22,24-16-12-21(13-17-24)19(3)4)61-25(60)26(37,38)27(39,40)28(41,42)29(43,44)30(45,46)31(47,48)32(49,50)33(51,52)34(53,54)35(55,56)36(57,58)59/h5-19H,1-4H3. The molecule has 0 atom stereocenters. The van der Waals surface area contributed by atoms with E-state index in [0.29, 0.717) is 11.1 Å². The molecule has 0 aromatic heterocycles. The monoisotopic (exact) mass is 960 g/mol. The first kappa shape index (κ1) is 52.2. The Morgan fingerprint density at radius 2 is 0.645 bits per heavy atom. The predicted octanol–water partition coefficient (Wildman–Crippen LogP) is 14.6. The summed E-state index contributed by atoms with van der Waals surface area (Å²) in [5.41, 5.74) is 0.906. The van der Waals surface area contributed by atoms with Crippen molar-refractivity contribution in [1.29, 1.82) is 0 Å². The zero-order chi connectivity index (χ0) is 48.5. The first-order valence-electron chi connectivity index (χ1n) is 16.7. The molecular formula is C36H27F23O2S. The third-order valence-corrected chi connectivity index (χ3v) is 12.4. The SMILES string of the molecule is CC(C)c1ccc(S(OC(=O)C(F)(F)C(F)(F)C(F)(F)C(F)(F)C(F)(F)C(F)(F)C(F)(F)C(F)(F)C(F)(F)C(F)(F)C(F)(F)F)(c2ccccc2)c2ccc(C(C)C)cc2)cc1. The van der Waals surface area contributed by atoms with Crippen molar-refractivity contribution in [2.45, 2.75) is 120 Å². The molecule has 0 amide bonds. The number of hydrogen-bond acceptors (Lipinski definition) is 2. The summed E-state index contributed by atoms with van der Waals surface area (Å²) in [6.07, 6.45) is -8.16. The van der Waals surface area contributed by atoms with E-state index >= 15 is 17.6 Å². The summed E-state index contributed by atoms with van der Waals surface area (Å²) in [7, 11) is -4.42. The lowest BCUT2D eigenvalue weighted by molar-refractivity contribution is -0.477. The number of benzene rings is 3. The van der Waals surface area contributed by atoms with Crippen LogP contribution in [0.5, 0.6) is 0 Å². The molecule has 0 aliphatic carbocycles. The summed E-state index contributed by atoms with van der Waals surface area (Å²) in [6, 6.07) is 14.6. The fraction of sp³-hybridized carbons (Fsp3) is 0.472. The fourth-order valence-corrected chi connectivity index (χ4v) is 8.32. The molecule has 0 fully saturated rings. The number of hydrogen-bond donors (Lipinski definition) is 0. The Morgan fingerprint density at radius 1 is 0.387 bits per heavy atom. The van der Waals surface area contributed by atoms with Crippen molar-refractivity contribution in [1.82, 2.24) is 0 Å². The summed E-state index contributed by atoms with van der Waals surface area (Å²) in [6.45, 7) is 6.51. The van der Waals surface area contributed by atoms with E-state index in [-0.39, 0.29) is 11.8 Å². The molecule has 2 nitrogen and oxygen atoms in total. The molecule has 0 aliphatic rings. The zero-order valence-corrected chi connectivity index (χ0v) is 31.9. The lowest BCUT2D eigenvalue weighted by Crippen LogP contribution is -2.78. The molecule has 0 unspecified atom stereocenters. The lowest BCUT2D eigenvalue weighted by atomic mass is 9.85. The molecule has 3 rings (SSSR count). The first-order valence-corrected chi connectivity index (χ1v) is 18.3. The molecule has 0 heterocycles. The molecule has 0 bridgehead atoms. The second kappa shape index (κ2) is 15.8. The van der Waals surface area contributed by atoms with Gasteiger partial charge in [0.15, 0.2) is 0 Å². The van der Waals surface area contributed by atoms with Crippen molar-refractivity contribution < 1.29 is 110 Å². The number of alkyl halides is 23. The van der Waals surface area contributed by atoms with Gasteiger partial charge in [0.1, 0.15) is 0 Å². The maximum absolute atomic E-state index is 15.5. The molecule has 0 saturated carbocycles. The van der Waals surface area contributed by atoms with Gasteiger partial charge in [0.05, 0.1) is 0 Å². The summed E-state index contributed by atoms with van der Waals surface area (Å²) < 4.78 is 330. The van der Waals surface area contributed by atoms with Gasteiger partial charge in [-0.15, -0.1) is 0 Å². The van der Waals surface area contributed by atoms with Crippen molar-refractivity contribution in [2.24, 2.45) is 0 Å². The third kappa shape index (κ3) is 7.39. The van der Waals surface area contributed by atoms with Gasteiger partial charge in [-0.05, 0) is 69.7 Å². The largest absolute Gasteiger partial charge is 0.460 e. The average molecular weight is 961 g/mol. The summed E-state index contributed by atoms with van der Waals surface area (Å²) in [5, 5.41) is 0. The van der Waals surface area contributed by atoms with E-state index in [2.05, 4.69) is 0 Å². The van der Waals surface area contributed by atoms with E-state index in [1.54, 1.807) is 27.7 Å². The van der Waals surface area contributed by atoms with Crippen molar-refractivity contribution in [3.63, 3.8) is 0 Å². The van der Waals surface area contributed by atoms with Crippen LogP contribution in [0, 0.1) is 0 Å². The smallest absolute Gasteiger partial charge is 0.397 e. The first-order chi connectivity index (χ1) is 27.6. The molecule has 62 heavy (non-hydrogen) atoms. The van der Waals surface area contributed by atoms with Crippen molar-refractivity contribution >= 4 is 16.3 Å². The molecule has 0 aliphatic heterocycles. The summed E-state index contributed by atoms with van der Waals surface area (Å²) in [4.78, 5) is 11.8. The number of carbonyl (C=O) groups is 1. The van der Waals surface area contributed by atoms with Crippen LogP contribution in [0.4, 0.5) is 101 Å². The van der Waals surface area contributed by atoms with Crippen LogP contribution in [-0.4, -0.2) is 71.4 Å². The van der Waals surface area contributed by atoms with Gasteiger partial charge in [0, 0.05) is 14.7 Å². The van der Waals surface area contributed by atoms with Gasteiger partial charge in [-0.3, -0.25) is 0 Å². The molecule has 0 saturated heterocycles. The minimum atomic E-state index is -9.57. The molecule has 3 aromatic rings. The van der Waals surface area contributed by atoms with Crippen LogP contribution in [0.1, 0.15) is 50.7 Å². The highest BCUT2D eigenvalue weighted by molar-refractivity contribution is 8.30. The van der Waals surface area contributed by atoms with Crippen LogP contribution in [0.15, 0.2) is 93.5 Å². The van der Waals surface area contributed by atoms with Gasteiger partial charge in [-0.1, -0.05) is 70.2 Å². The highest BCUT2D eigenvalue weighted by atomic mass is 32.3. The number of halogens is 23. The van der Waals surface area contributed by atoms with Crippen LogP contribution in [0.2, 0.25) is 0 Å². The molecule has 0 N–H and O–H groups in total. The van der Waals surface area contributed by atoms with Gasteiger partial charge in [0.25, 0.3) is 0 Å². The van der Waals surface area contributed by atoms with Crippen LogP contribution in [0.25, 0.3) is 0 Å². The maximum Gasteiger partial charge on any atom is 0.460 e. The van der Waals surface area contributed by atoms with Crippen LogP contribution in [0.3, 0.4) is 0 Å². The van der Waals surface area contributed by atoms with Crippen LogP contribution < -0.4 is 0 Å². The van der Waals surface area contributed by atoms with Crippen LogP contribution >= 0.6 is 10.3 Å². The maximum atomic E-state index is 15.5. The van der Waals surface area contributed by atoms with Gasteiger partial charge < -0.3 is 4.18 Å². The van der Waals surface area contributed by atoms with E-state index in [9.17, 15) is 88.2 Å². The van der Waals surface area contributed by atoms with Crippen molar-refractivity contribution in [3.05, 3.63) is 90.0 Å². The Balaban J connectivity index is 2.29. The quantitative estimate of drug-likeness (QED) is 0.134. The minimum Gasteiger partial charge on any atom is -0.397 e. The summed E-state index contributed by atoms with van der Waals surface area (Å²) >= 11 is 0. The van der Waals surface area contributed by atoms with Gasteiger partial charge >= 0.3 is 71.4 Å². The Bertz CT molecular complexity index is 1990. The second-order valence-corrected chi connectivity index (χ2v) is 16.6. The number of rotatable bonds is 16. The zero-order valence-electron chi connectivity index (χ0n) is 31.1. The Labute approximate surface area is 335 Å². The average Bonchev–Trinajstić information content (AvgIpc) is 3.16. The Morgan fingerprint density at radius 3 is 0.919 bits per heavy atom. The molecule has 3 aromatic carbocycles. The van der Waals surface area contributed by atoms with E-state index < -0.39 is 96.4 Å². The van der Waals surface area contributed by atoms with Crippen molar-refractivity contribution in [3.8, 4) is 0 Å². The molecular weight excluding hydrogens is 933 g/mol. The predicted molar refractivity (Wildman–Crippen MR) is 172 cm³/mol. The molecule has 0 spiro atoms. The Hall–Kier alpha value is -4.13. The van der Waals surface area contributed by atoms with Crippen molar-refractivity contribution in [2.75, 3.05) is 0 Å². The van der Waals surface area contributed by atoms with E-state index in [4.69, 9.17) is 4.18 Å². The normalized spacial score (nSPS) is 15.3. The lowest BCUT2D eigenvalue weighted by Gasteiger charge is -2.45. The van der Waals surface area contributed by atoms with Gasteiger partial charge in [0.2, 0.25) is 0 Å². The molecule has 350 valence electrons. The third-order valence-electron chi connectivity index (χ3n) is 9.19. The second-order valence-electron chi connectivity index (χ2n) is 13.9. The van der Waals surface area contributed by atoms with Gasteiger partial charge in [-0.2, -0.15) is 101 Å².